The molecule has 1 N–H and O–H groups in total. The van der Waals surface area contributed by atoms with E-state index in [1.165, 1.54) is 10.9 Å². The Kier molecular flexibility index (Phi) is 3.17. The van der Waals surface area contributed by atoms with Gasteiger partial charge in [-0.25, -0.2) is 0 Å². The summed E-state index contributed by atoms with van der Waals surface area (Å²) in [5.41, 5.74) is 1.23. The molecule has 0 amide bonds. The van der Waals surface area contributed by atoms with Gasteiger partial charge >= 0.3 is 0 Å². The monoisotopic (exact) mass is 243 g/mol. The molecule has 1 unspecified atom stereocenters. The van der Waals surface area contributed by atoms with Crippen LogP contribution in [-0.2, 0) is 4.74 Å². The van der Waals surface area contributed by atoms with Gasteiger partial charge in [-0.1, -0.05) is 30.3 Å². The van der Waals surface area contributed by atoms with E-state index in [1.807, 2.05) is 12.1 Å². The summed E-state index contributed by atoms with van der Waals surface area (Å²) in [7, 11) is 1.71. The van der Waals surface area contributed by atoms with Gasteiger partial charge in [0.05, 0.1) is 19.8 Å². The quantitative estimate of drug-likeness (QED) is 0.879. The summed E-state index contributed by atoms with van der Waals surface area (Å²) in [6, 6.07) is 12.4. The van der Waals surface area contributed by atoms with Gasteiger partial charge in [-0.3, -0.25) is 0 Å². The molecule has 1 aliphatic rings. The number of ether oxygens (including phenoxy) is 2. The van der Waals surface area contributed by atoms with E-state index in [-0.39, 0.29) is 6.10 Å². The van der Waals surface area contributed by atoms with Gasteiger partial charge in [0.15, 0.2) is 0 Å². The number of benzene rings is 2. The lowest BCUT2D eigenvalue weighted by Crippen LogP contribution is -2.33. The summed E-state index contributed by atoms with van der Waals surface area (Å²) in [4.78, 5) is 0. The lowest BCUT2D eigenvalue weighted by molar-refractivity contribution is 0.0286. The summed E-state index contributed by atoms with van der Waals surface area (Å²) in [5.74, 6) is 0.915. The van der Waals surface area contributed by atoms with E-state index in [1.54, 1.807) is 7.11 Å². The fraction of sp³-hybridized carbons (Fsp3) is 0.333. The van der Waals surface area contributed by atoms with Gasteiger partial charge in [0.1, 0.15) is 5.75 Å². The topological polar surface area (TPSA) is 30.5 Å². The molecule has 3 rings (SSSR count). The summed E-state index contributed by atoms with van der Waals surface area (Å²) in [6.45, 7) is 2.58. The van der Waals surface area contributed by atoms with Crippen LogP contribution < -0.4 is 10.1 Å². The van der Waals surface area contributed by atoms with E-state index in [4.69, 9.17) is 9.47 Å². The van der Waals surface area contributed by atoms with E-state index in [0.29, 0.717) is 0 Å². The zero-order chi connectivity index (χ0) is 12.4. The average molecular weight is 243 g/mol. The Balaban J connectivity index is 2.12. The average Bonchev–Trinajstić information content (AvgIpc) is 2.47. The van der Waals surface area contributed by atoms with Crippen molar-refractivity contribution in [1.82, 2.24) is 5.32 Å². The second-order valence-corrected chi connectivity index (χ2v) is 4.47. The van der Waals surface area contributed by atoms with Gasteiger partial charge in [0, 0.05) is 18.5 Å². The Bertz CT molecular complexity index is 547. The predicted octanol–water partition coefficient (Wildman–Crippen LogP) is 2.51. The number of fused-ring (bicyclic) bond motifs is 1. The van der Waals surface area contributed by atoms with Crippen LogP contribution in [0.5, 0.6) is 5.75 Å². The third-order valence-corrected chi connectivity index (χ3v) is 3.41. The van der Waals surface area contributed by atoms with Crippen molar-refractivity contribution in [3.8, 4) is 5.75 Å². The Hall–Kier alpha value is -1.58. The molecule has 3 heteroatoms. The van der Waals surface area contributed by atoms with Crippen LogP contribution in [0.3, 0.4) is 0 Å². The molecule has 1 atom stereocenters. The van der Waals surface area contributed by atoms with Gasteiger partial charge in [0.25, 0.3) is 0 Å². The van der Waals surface area contributed by atoms with Crippen LogP contribution in [0, 0.1) is 0 Å². The van der Waals surface area contributed by atoms with Gasteiger partial charge in [-0.2, -0.15) is 0 Å². The molecule has 1 saturated heterocycles. The minimum atomic E-state index is 0.134. The van der Waals surface area contributed by atoms with Crippen LogP contribution in [0.2, 0.25) is 0 Å². The van der Waals surface area contributed by atoms with Gasteiger partial charge < -0.3 is 14.8 Å². The molecule has 1 aliphatic heterocycles. The molecule has 0 aliphatic carbocycles. The molecule has 1 fully saturated rings. The lowest BCUT2D eigenvalue weighted by Gasteiger charge is -2.25. The number of methoxy groups -OCH3 is 1. The first-order chi connectivity index (χ1) is 8.90. The van der Waals surface area contributed by atoms with Gasteiger partial charge in [-0.05, 0) is 17.0 Å². The van der Waals surface area contributed by atoms with Crippen LogP contribution in [-0.4, -0.2) is 26.8 Å². The smallest absolute Gasteiger partial charge is 0.126 e. The van der Waals surface area contributed by atoms with Crippen LogP contribution in [0.1, 0.15) is 11.7 Å². The SMILES string of the molecule is COc1ccc(C2CNCCO2)c2ccccc12. The van der Waals surface area contributed by atoms with Crippen LogP contribution in [0.4, 0.5) is 0 Å². The van der Waals surface area contributed by atoms with E-state index >= 15 is 0 Å². The molecule has 2 aromatic rings. The number of hydrogen-bond donors (Lipinski definition) is 1. The summed E-state index contributed by atoms with van der Waals surface area (Å²) in [6.07, 6.45) is 0.134. The molecule has 0 radical (unpaired) electrons. The maximum Gasteiger partial charge on any atom is 0.126 e. The number of nitrogens with one attached hydrogen (secondary N) is 1. The maximum atomic E-state index is 5.84. The van der Waals surface area contributed by atoms with Gasteiger partial charge in [0.2, 0.25) is 0 Å². The van der Waals surface area contributed by atoms with Gasteiger partial charge in [-0.15, -0.1) is 0 Å². The Morgan fingerprint density at radius 2 is 2.00 bits per heavy atom. The molecule has 94 valence electrons. The minimum Gasteiger partial charge on any atom is -0.496 e. The molecule has 2 aromatic carbocycles. The third kappa shape index (κ3) is 1.96. The van der Waals surface area contributed by atoms with Crippen molar-refractivity contribution in [2.24, 2.45) is 0 Å². The van der Waals surface area contributed by atoms with Crippen molar-refractivity contribution in [1.29, 1.82) is 0 Å². The number of morpholine rings is 1. The zero-order valence-electron chi connectivity index (χ0n) is 10.5. The first kappa shape index (κ1) is 11.5. The van der Waals surface area contributed by atoms with Crippen molar-refractivity contribution < 1.29 is 9.47 Å². The zero-order valence-corrected chi connectivity index (χ0v) is 10.5. The van der Waals surface area contributed by atoms with Crippen molar-refractivity contribution in [2.75, 3.05) is 26.8 Å². The third-order valence-electron chi connectivity index (χ3n) is 3.41. The molecule has 18 heavy (non-hydrogen) atoms. The molecule has 0 aromatic heterocycles. The predicted molar refractivity (Wildman–Crippen MR) is 72.1 cm³/mol. The maximum absolute atomic E-state index is 5.84. The van der Waals surface area contributed by atoms with Crippen molar-refractivity contribution in [3.63, 3.8) is 0 Å². The molecule has 0 spiro atoms. The Labute approximate surface area is 107 Å². The standard InChI is InChI=1S/C15H17NO2/c1-17-14-7-6-13(15-10-16-8-9-18-15)11-4-2-3-5-12(11)14/h2-7,15-16H,8-10H2,1H3. The van der Waals surface area contributed by atoms with E-state index < -0.39 is 0 Å². The summed E-state index contributed by atoms with van der Waals surface area (Å²) >= 11 is 0. The highest BCUT2D eigenvalue weighted by molar-refractivity contribution is 5.91. The number of rotatable bonds is 2. The second kappa shape index (κ2) is 4.96. The fourth-order valence-corrected chi connectivity index (χ4v) is 2.52. The first-order valence-electron chi connectivity index (χ1n) is 6.28. The molecule has 0 saturated carbocycles. The first-order valence-corrected chi connectivity index (χ1v) is 6.28. The highest BCUT2D eigenvalue weighted by Gasteiger charge is 2.18. The summed E-state index contributed by atoms with van der Waals surface area (Å²) in [5, 5.41) is 5.73. The largest absolute Gasteiger partial charge is 0.496 e. The van der Waals surface area contributed by atoms with E-state index in [2.05, 4.69) is 29.6 Å². The Morgan fingerprint density at radius 3 is 2.72 bits per heavy atom. The normalized spacial score (nSPS) is 19.9. The van der Waals surface area contributed by atoms with Crippen LogP contribution in [0.25, 0.3) is 10.8 Å². The number of hydrogen-bond acceptors (Lipinski definition) is 3. The lowest BCUT2D eigenvalue weighted by atomic mass is 9.99. The molecule has 0 bridgehead atoms. The molecule has 3 nitrogen and oxygen atoms in total. The van der Waals surface area contributed by atoms with Crippen LogP contribution >= 0.6 is 0 Å². The molecular formula is C15H17NO2. The second-order valence-electron chi connectivity index (χ2n) is 4.47. The highest BCUT2D eigenvalue weighted by atomic mass is 16.5. The Morgan fingerprint density at radius 1 is 1.17 bits per heavy atom. The van der Waals surface area contributed by atoms with Crippen molar-refractivity contribution >= 4 is 10.8 Å². The minimum absolute atomic E-state index is 0.134. The van der Waals surface area contributed by atoms with Crippen molar-refractivity contribution in [2.45, 2.75) is 6.10 Å². The van der Waals surface area contributed by atoms with E-state index in [9.17, 15) is 0 Å². The molecular weight excluding hydrogens is 226 g/mol. The van der Waals surface area contributed by atoms with Crippen LogP contribution in [0.15, 0.2) is 36.4 Å². The fourth-order valence-electron chi connectivity index (χ4n) is 2.52. The highest BCUT2D eigenvalue weighted by Crippen LogP contribution is 2.33. The molecule has 1 heterocycles. The van der Waals surface area contributed by atoms with E-state index in [0.717, 1.165) is 30.8 Å². The summed E-state index contributed by atoms with van der Waals surface area (Å²) < 4.78 is 11.3. The van der Waals surface area contributed by atoms with Crippen molar-refractivity contribution in [3.05, 3.63) is 42.0 Å².